The summed E-state index contributed by atoms with van der Waals surface area (Å²) in [6.45, 7) is 0.449. The van der Waals surface area contributed by atoms with Crippen LogP contribution in [-0.2, 0) is 6.18 Å². The molecule has 0 spiro atoms. The van der Waals surface area contributed by atoms with E-state index in [0.29, 0.717) is 0 Å². The van der Waals surface area contributed by atoms with Gasteiger partial charge in [-0.3, -0.25) is 4.79 Å². The maximum Gasteiger partial charge on any atom is 0.417 e. The number of amides is 1. The first-order valence-electron chi connectivity index (χ1n) is 4.71. The van der Waals surface area contributed by atoms with Gasteiger partial charge in [0, 0.05) is 23.1 Å². The molecule has 0 heterocycles. The van der Waals surface area contributed by atoms with E-state index >= 15 is 0 Å². The number of rotatable bonds is 3. The quantitative estimate of drug-likeness (QED) is 0.899. The number of carbonyl (C=O) groups excluding carboxylic acids is 1. The Morgan fingerprint density at radius 2 is 2.06 bits per heavy atom. The Labute approximate surface area is 104 Å². The zero-order chi connectivity index (χ0) is 13.1. The van der Waals surface area contributed by atoms with Crippen LogP contribution in [-0.4, -0.2) is 19.0 Å². The highest BCUT2D eigenvalue weighted by molar-refractivity contribution is 9.10. The number of nitrogens with one attached hydrogen (secondary N) is 1. The molecule has 1 aromatic rings. The molecule has 1 rings (SSSR count). The molecular formula is C10H10BrF3N2O. The third kappa shape index (κ3) is 3.71. The average molecular weight is 311 g/mol. The Kier molecular flexibility index (Phi) is 4.53. The third-order valence-corrected chi connectivity index (χ3v) is 2.66. The average Bonchev–Trinajstić information content (AvgIpc) is 2.25. The fourth-order valence-electron chi connectivity index (χ4n) is 1.17. The van der Waals surface area contributed by atoms with E-state index in [0.717, 1.165) is 6.07 Å². The van der Waals surface area contributed by atoms with Crippen molar-refractivity contribution in [3.05, 3.63) is 33.8 Å². The molecule has 0 aliphatic heterocycles. The first kappa shape index (κ1) is 14.0. The predicted molar refractivity (Wildman–Crippen MR) is 60.5 cm³/mol. The Hall–Kier alpha value is -1.08. The largest absolute Gasteiger partial charge is 0.417 e. The highest BCUT2D eigenvalue weighted by atomic mass is 79.9. The van der Waals surface area contributed by atoms with Crippen LogP contribution in [0.5, 0.6) is 0 Å². The van der Waals surface area contributed by atoms with Gasteiger partial charge < -0.3 is 11.1 Å². The minimum absolute atomic E-state index is 0.0472. The summed E-state index contributed by atoms with van der Waals surface area (Å²) in [6, 6.07) is 3.31. The number of carbonyl (C=O) groups is 1. The van der Waals surface area contributed by atoms with Crippen molar-refractivity contribution >= 4 is 21.8 Å². The summed E-state index contributed by atoms with van der Waals surface area (Å²) in [5.74, 6) is -0.576. The van der Waals surface area contributed by atoms with Crippen molar-refractivity contribution in [2.75, 3.05) is 13.1 Å². The summed E-state index contributed by atoms with van der Waals surface area (Å²) in [5, 5.41) is 2.40. The van der Waals surface area contributed by atoms with Crippen LogP contribution in [0.1, 0.15) is 15.9 Å². The van der Waals surface area contributed by atoms with Crippen LogP contribution in [0.25, 0.3) is 0 Å². The predicted octanol–water partition coefficient (Wildman–Crippen LogP) is 2.16. The van der Waals surface area contributed by atoms with E-state index in [-0.39, 0.29) is 23.1 Å². The summed E-state index contributed by atoms with van der Waals surface area (Å²) in [6.07, 6.45) is -4.50. The molecule has 0 bridgehead atoms. The zero-order valence-corrected chi connectivity index (χ0v) is 10.2. The van der Waals surface area contributed by atoms with Gasteiger partial charge in [-0.05, 0) is 18.2 Å². The molecule has 3 nitrogen and oxygen atoms in total. The topological polar surface area (TPSA) is 55.1 Å². The SMILES string of the molecule is NCCNC(=O)c1ccc(Br)c(C(F)(F)F)c1. The van der Waals surface area contributed by atoms with E-state index in [2.05, 4.69) is 21.2 Å². The fourth-order valence-corrected chi connectivity index (χ4v) is 1.64. The van der Waals surface area contributed by atoms with E-state index in [1.165, 1.54) is 12.1 Å². The zero-order valence-electron chi connectivity index (χ0n) is 8.64. The standard InChI is InChI=1S/C10H10BrF3N2O/c11-8-2-1-6(9(17)16-4-3-15)5-7(8)10(12,13)14/h1-2,5H,3-4,15H2,(H,16,17). The third-order valence-electron chi connectivity index (χ3n) is 1.96. The normalized spacial score (nSPS) is 11.4. The molecule has 1 aromatic carbocycles. The molecule has 0 aliphatic carbocycles. The highest BCUT2D eigenvalue weighted by Crippen LogP contribution is 2.35. The van der Waals surface area contributed by atoms with Crippen molar-refractivity contribution in [3.8, 4) is 0 Å². The molecule has 0 aliphatic rings. The molecule has 17 heavy (non-hydrogen) atoms. The van der Waals surface area contributed by atoms with Crippen LogP contribution in [0.4, 0.5) is 13.2 Å². The van der Waals surface area contributed by atoms with Crippen molar-refractivity contribution < 1.29 is 18.0 Å². The van der Waals surface area contributed by atoms with Gasteiger partial charge in [0.2, 0.25) is 0 Å². The molecule has 0 saturated heterocycles. The van der Waals surface area contributed by atoms with Gasteiger partial charge >= 0.3 is 6.18 Å². The smallest absolute Gasteiger partial charge is 0.351 e. The second kappa shape index (κ2) is 5.50. The van der Waals surface area contributed by atoms with Crippen molar-refractivity contribution in [1.82, 2.24) is 5.32 Å². The fraction of sp³-hybridized carbons (Fsp3) is 0.300. The number of benzene rings is 1. The lowest BCUT2D eigenvalue weighted by atomic mass is 10.1. The molecule has 0 aromatic heterocycles. The molecule has 0 unspecified atom stereocenters. The molecule has 7 heteroatoms. The Morgan fingerprint density at radius 3 is 2.59 bits per heavy atom. The van der Waals surface area contributed by atoms with Crippen LogP contribution in [0.3, 0.4) is 0 Å². The van der Waals surface area contributed by atoms with Gasteiger partial charge in [-0.15, -0.1) is 0 Å². The molecule has 94 valence electrons. The molecule has 3 N–H and O–H groups in total. The Morgan fingerprint density at radius 1 is 1.41 bits per heavy atom. The Bertz CT molecular complexity index is 421. The van der Waals surface area contributed by atoms with Gasteiger partial charge in [-0.2, -0.15) is 13.2 Å². The second-order valence-electron chi connectivity index (χ2n) is 3.24. The molecule has 0 atom stereocenters. The minimum Gasteiger partial charge on any atom is -0.351 e. The molecule has 0 fully saturated rings. The van der Waals surface area contributed by atoms with Gasteiger partial charge in [0.15, 0.2) is 0 Å². The van der Waals surface area contributed by atoms with E-state index in [4.69, 9.17) is 5.73 Å². The summed E-state index contributed by atoms with van der Waals surface area (Å²) < 4.78 is 37.6. The number of alkyl halides is 3. The van der Waals surface area contributed by atoms with E-state index in [9.17, 15) is 18.0 Å². The summed E-state index contributed by atoms with van der Waals surface area (Å²) in [5.41, 5.74) is 4.25. The van der Waals surface area contributed by atoms with Gasteiger partial charge in [0.1, 0.15) is 0 Å². The van der Waals surface area contributed by atoms with Crippen molar-refractivity contribution in [1.29, 1.82) is 0 Å². The first-order chi connectivity index (χ1) is 7.86. The number of nitrogens with two attached hydrogens (primary N) is 1. The van der Waals surface area contributed by atoms with Crippen LogP contribution in [0, 0.1) is 0 Å². The minimum atomic E-state index is -4.50. The van der Waals surface area contributed by atoms with Crippen LogP contribution in [0.15, 0.2) is 22.7 Å². The summed E-state index contributed by atoms with van der Waals surface area (Å²) >= 11 is 2.80. The number of hydrogen-bond acceptors (Lipinski definition) is 2. The van der Waals surface area contributed by atoms with E-state index in [1.807, 2.05) is 0 Å². The molecule has 0 radical (unpaired) electrons. The summed E-state index contributed by atoms with van der Waals surface area (Å²) in [7, 11) is 0. The van der Waals surface area contributed by atoms with Gasteiger partial charge in [0.25, 0.3) is 5.91 Å². The maximum absolute atomic E-state index is 12.6. The maximum atomic E-state index is 12.6. The lowest BCUT2D eigenvalue weighted by molar-refractivity contribution is -0.138. The van der Waals surface area contributed by atoms with Crippen molar-refractivity contribution in [2.24, 2.45) is 5.73 Å². The lowest BCUT2D eigenvalue weighted by Gasteiger charge is -2.11. The van der Waals surface area contributed by atoms with Crippen LogP contribution >= 0.6 is 15.9 Å². The second-order valence-corrected chi connectivity index (χ2v) is 4.09. The molecular weight excluding hydrogens is 301 g/mol. The van der Waals surface area contributed by atoms with Crippen LogP contribution in [0.2, 0.25) is 0 Å². The molecule has 1 amide bonds. The first-order valence-corrected chi connectivity index (χ1v) is 5.50. The molecule has 0 saturated carbocycles. The van der Waals surface area contributed by atoms with Gasteiger partial charge in [0.05, 0.1) is 5.56 Å². The van der Waals surface area contributed by atoms with Crippen LogP contribution < -0.4 is 11.1 Å². The van der Waals surface area contributed by atoms with Gasteiger partial charge in [-0.25, -0.2) is 0 Å². The highest BCUT2D eigenvalue weighted by Gasteiger charge is 2.33. The number of hydrogen-bond donors (Lipinski definition) is 2. The van der Waals surface area contributed by atoms with Crippen molar-refractivity contribution in [3.63, 3.8) is 0 Å². The van der Waals surface area contributed by atoms with E-state index < -0.39 is 17.6 Å². The Balaban J connectivity index is 3.00. The summed E-state index contributed by atoms with van der Waals surface area (Å²) in [4.78, 5) is 11.4. The van der Waals surface area contributed by atoms with Gasteiger partial charge in [-0.1, -0.05) is 15.9 Å². The number of halogens is 4. The lowest BCUT2D eigenvalue weighted by Crippen LogP contribution is -2.29. The monoisotopic (exact) mass is 310 g/mol. The van der Waals surface area contributed by atoms with E-state index in [1.54, 1.807) is 0 Å². The van der Waals surface area contributed by atoms with Crippen molar-refractivity contribution in [2.45, 2.75) is 6.18 Å².